The molecule has 0 saturated heterocycles. The Morgan fingerprint density at radius 3 is 2.75 bits per heavy atom. The molecule has 0 aliphatic heterocycles. The summed E-state index contributed by atoms with van der Waals surface area (Å²) in [4.78, 5) is 28.2. The first kappa shape index (κ1) is 15.5. The Kier molecular flexibility index (Phi) is 3.91. The van der Waals surface area contributed by atoms with Gasteiger partial charge in [0, 0.05) is 24.8 Å². The summed E-state index contributed by atoms with van der Waals surface area (Å²) in [5, 5.41) is 3.55. The highest BCUT2D eigenvalue weighted by Gasteiger charge is 2.16. The number of methoxy groups -OCH3 is 1. The lowest BCUT2D eigenvalue weighted by Gasteiger charge is -2.09. The van der Waals surface area contributed by atoms with Crippen molar-refractivity contribution in [1.82, 2.24) is 9.55 Å². The number of primary amides is 1. The highest BCUT2D eigenvalue weighted by Crippen LogP contribution is 2.25. The molecule has 0 atom stereocenters. The van der Waals surface area contributed by atoms with E-state index in [0.29, 0.717) is 28.2 Å². The van der Waals surface area contributed by atoms with Gasteiger partial charge in [0.15, 0.2) is 0 Å². The minimum Gasteiger partial charge on any atom is -0.497 e. The minimum atomic E-state index is -0.563. The number of pyridine rings is 1. The fraction of sp³-hybridized carbons (Fsp3) is 0.118. The first-order valence-corrected chi connectivity index (χ1v) is 7.20. The van der Waals surface area contributed by atoms with E-state index in [0.717, 1.165) is 5.39 Å². The van der Waals surface area contributed by atoms with Crippen molar-refractivity contribution in [3.8, 4) is 5.75 Å². The molecule has 0 radical (unpaired) electrons. The van der Waals surface area contributed by atoms with Crippen LogP contribution in [-0.2, 0) is 7.05 Å². The molecule has 0 spiro atoms. The molecule has 0 bridgehead atoms. The summed E-state index contributed by atoms with van der Waals surface area (Å²) in [7, 11) is 3.22. The van der Waals surface area contributed by atoms with Crippen LogP contribution in [0.4, 0.5) is 5.69 Å². The van der Waals surface area contributed by atoms with E-state index in [1.54, 1.807) is 36.1 Å². The van der Waals surface area contributed by atoms with Gasteiger partial charge >= 0.3 is 0 Å². The molecule has 1 aromatic carbocycles. The number of carbonyl (C=O) groups is 2. The summed E-state index contributed by atoms with van der Waals surface area (Å²) in [6, 6.07) is 8.61. The van der Waals surface area contributed by atoms with Gasteiger partial charge in [-0.25, -0.2) is 0 Å². The molecule has 3 aromatic rings. The molecule has 0 saturated carbocycles. The summed E-state index contributed by atoms with van der Waals surface area (Å²) in [6.07, 6.45) is 3.24. The monoisotopic (exact) mass is 324 g/mol. The Morgan fingerprint density at radius 2 is 2.08 bits per heavy atom. The number of amides is 2. The van der Waals surface area contributed by atoms with Crippen LogP contribution in [-0.4, -0.2) is 28.5 Å². The Bertz CT molecular complexity index is 946. The van der Waals surface area contributed by atoms with Crippen molar-refractivity contribution in [2.75, 3.05) is 12.4 Å². The maximum atomic E-state index is 12.7. The molecule has 3 N–H and O–H groups in total. The number of aromatic nitrogens is 2. The van der Waals surface area contributed by atoms with Gasteiger partial charge in [-0.1, -0.05) is 6.07 Å². The lowest BCUT2D eigenvalue weighted by molar-refractivity contribution is 0.0990. The molecule has 0 unspecified atom stereocenters. The SMILES string of the molecule is COc1cc(C(=O)Nc2cc(C(N)=O)n(C)c2)c2ncccc2c1. The normalized spacial score (nSPS) is 10.6. The molecule has 0 aliphatic rings. The van der Waals surface area contributed by atoms with Gasteiger partial charge in [-0.3, -0.25) is 14.6 Å². The van der Waals surface area contributed by atoms with Crippen LogP contribution in [0.2, 0.25) is 0 Å². The van der Waals surface area contributed by atoms with Crippen LogP contribution in [0, 0.1) is 0 Å². The second kappa shape index (κ2) is 6.04. The lowest BCUT2D eigenvalue weighted by atomic mass is 10.1. The van der Waals surface area contributed by atoms with Gasteiger partial charge in [-0.2, -0.15) is 0 Å². The number of nitrogens with zero attached hydrogens (tertiary/aromatic N) is 2. The molecule has 7 nitrogen and oxygen atoms in total. The predicted molar refractivity (Wildman–Crippen MR) is 90.2 cm³/mol. The van der Waals surface area contributed by atoms with Gasteiger partial charge < -0.3 is 20.4 Å². The Labute approximate surface area is 138 Å². The molecule has 122 valence electrons. The third kappa shape index (κ3) is 2.79. The van der Waals surface area contributed by atoms with Gasteiger partial charge in [-0.05, 0) is 24.3 Å². The van der Waals surface area contributed by atoms with Crippen LogP contribution in [0.25, 0.3) is 10.9 Å². The number of carbonyl (C=O) groups excluding carboxylic acids is 2. The third-order valence-electron chi connectivity index (χ3n) is 3.67. The fourth-order valence-electron chi connectivity index (χ4n) is 2.53. The van der Waals surface area contributed by atoms with Crippen molar-refractivity contribution < 1.29 is 14.3 Å². The van der Waals surface area contributed by atoms with Crippen LogP contribution in [0.3, 0.4) is 0 Å². The van der Waals surface area contributed by atoms with Crippen molar-refractivity contribution >= 4 is 28.4 Å². The number of nitrogens with two attached hydrogens (primary N) is 1. The summed E-state index contributed by atoms with van der Waals surface area (Å²) in [6.45, 7) is 0. The quantitative estimate of drug-likeness (QED) is 0.766. The number of aryl methyl sites for hydroxylation is 1. The van der Waals surface area contributed by atoms with Gasteiger partial charge in [0.1, 0.15) is 11.4 Å². The van der Waals surface area contributed by atoms with E-state index in [1.807, 2.05) is 12.1 Å². The molecule has 0 fully saturated rings. The van der Waals surface area contributed by atoms with Crippen molar-refractivity contribution in [3.05, 3.63) is 54.0 Å². The first-order chi connectivity index (χ1) is 11.5. The van der Waals surface area contributed by atoms with E-state index in [4.69, 9.17) is 10.5 Å². The average Bonchev–Trinajstić information content (AvgIpc) is 2.94. The highest BCUT2D eigenvalue weighted by molar-refractivity contribution is 6.12. The number of benzene rings is 1. The topological polar surface area (TPSA) is 99.2 Å². The van der Waals surface area contributed by atoms with E-state index in [1.165, 1.54) is 13.2 Å². The summed E-state index contributed by atoms with van der Waals surface area (Å²) >= 11 is 0. The van der Waals surface area contributed by atoms with Crippen molar-refractivity contribution in [3.63, 3.8) is 0 Å². The largest absolute Gasteiger partial charge is 0.497 e. The number of rotatable bonds is 4. The van der Waals surface area contributed by atoms with E-state index < -0.39 is 5.91 Å². The zero-order chi connectivity index (χ0) is 17.3. The van der Waals surface area contributed by atoms with Gasteiger partial charge in [0.2, 0.25) is 0 Å². The van der Waals surface area contributed by atoms with E-state index in [9.17, 15) is 9.59 Å². The Balaban J connectivity index is 1.99. The number of anilines is 1. The number of hydrogen-bond acceptors (Lipinski definition) is 4. The van der Waals surface area contributed by atoms with Gasteiger partial charge in [0.05, 0.1) is 23.9 Å². The third-order valence-corrected chi connectivity index (χ3v) is 3.67. The first-order valence-electron chi connectivity index (χ1n) is 7.20. The Morgan fingerprint density at radius 1 is 1.29 bits per heavy atom. The maximum absolute atomic E-state index is 12.7. The smallest absolute Gasteiger partial charge is 0.265 e. The second-order valence-corrected chi connectivity index (χ2v) is 5.29. The summed E-state index contributed by atoms with van der Waals surface area (Å²) in [5.74, 6) is -0.350. The van der Waals surface area contributed by atoms with Crippen LogP contribution >= 0.6 is 0 Å². The number of fused-ring (bicyclic) bond motifs is 1. The fourth-order valence-corrected chi connectivity index (χ4v) is 2.53. The lowest BCUT2D eigenvalue weighted by Crippen LogP contribution is -2.14. The second-order valence-electron chi connectivity index (χ2n) is 5.29. The maximum Gasteiger partial charge on any atom is 0.265 e. The molecule has 24 heavy (non-hydrogen) atoms. The van der Waals surface area contributed by atoms with Crippen molar-refractivity contribution in [1.29, 1.82) is 0 Å². The standard InChI is InChI=1S/C17H16N4O3/c1-21-9-11(7-14(21)16(18)22)20-17(23)13-8-12(24-2)6-10-4-3-5-19-15(10)13/h3-9H,1-2H3,(H2,18,22)(H,20,23). The predicted octanol–water partition coefficient (Wildman–Crippen LogP) is 1.93. The summed E-state index contributed by atoms with van der Waals surface area (Å²) in [5.41, 5.74) is 7.02. The highest BCUT2D eigenvalue weighted by atomic mass is 16.5. The van der Waals surface area contributed by atoms with Crippen LogP contribution in [0.1, 0.15) is 20.8 Å². The number of nitrogens with one attached hydrogen (secondary N) is 1. The average molecular weight is 324 g/mol. The van der Waals surface area contributed by atoms with E-state index in [2.05, 4.69) is 10.3 Å². The zero-order valence-electron chi connectivity index (χ0n) is 13.2. The molecular weight excluding hydrogens is 308 g/mol. The zero-order valence-corrected chi connectivity index (χ0v) is 13.2. The van der Waals surface area contributed by atoms with E-state index >= 15 is 0 Å². The molecule has 2 heterocycles. The van der Waals surface area contributed by atoms with Crippen LogP contribution in [0.15, 0.2) is 42.7 Å². The molecular formula is C17H16N4O3. The van der Waals surface area contributed by atoms with Crippen molar-refractivity contribution in [2.45, 2.75) is 0 Å². The molecule has 3 rings (SSSR count). The van der Waals surface area contributed by atoms with Gasteiger partial charge in [0.25, 0.3) is 11.8 Å². The number of hydrogen-bond donors (Lipinski definition) is 2. The van der Waals surface area contributed by atoms with Gasteiger partial charge in [-0.15, -0.1) is 0 Å². The molecule has 2 amide bonds. The Hall–Kier alpha value is -3.35. The van der Waals surface area contributed by atoms with Crippen LogP contribution in [0.5, 0.6) is 5.75 Å². The van der Waals surface area contributed by atoms with Crippen LogP contribution < -0.4 is 15.8 Å². The summed E-state index contributed by atoms with van der Waals surface area (Å²) < 4.78 is 6.80. The number of ether oxygens (including phenoxy) is 1. The molecule has 2 aromatic heterocycles. The minimum absolute atomic E-state index is 0.305. The molecule has 7 heteroatoms. The molecule has 0 aliphatic carbocycles. The van der Waals surface area contributed by atoms with Crippen molar-refractivity contribution in [2.24, 2.45) is 12.8 Å². The van der Waals surface area contributed by atoms with E-state index in [-0.39, 0.29) is 5.91 Å².